The van der Waals surface area contributed by atoms with Crippen molar-refractivity contribution in [1.82, 2.24) is 25.1 Å². The van der Waals surface area contributed by atoms with Crippen molar-refractivity contribution in [3.63, 3.8) is 0 Å². The zero-order valence-electron chi connectivity index (χ0n) is 34.6. The first-order valence-corrected chi connectivity index (χ1v) is 20.0. The maximum absolute atomic E-state index is 13.8. The van der Waals surface area contributed by atoms with Crippen LogP contribution < -0.4 is 37.7 Å². The SMILES string of the molecule is CCc1c2c(nc3ccc(OC(C(=O)N(C)C)c4ccc(NC(=O)[C@H](CCCNC(N)=O)NC(=O)[C@@H](N)C(C)C)cc4)cc13)-c1cc3c(c(=O)n1C2)COC(=O)[C@]3(O)CC. The highest BCUT2D eigenvalue weighted by atomic mass is 16.6. The number of cyclic esters (lactones) is 1. The van der Waals surface area contributed by atoms with Crippen LogP contribution >= 0.6 is 0 Å². The number of aliphatic hydroxyl groups is 1. The first-order chi connectivity index (χ1) is 28.5. The van der Waals surface area contributed by atoms with E-state index in [1.807, 2.05) is 13.0 Å². The molecule has 4 aromatic rings. The number of aryl methyl sites for hydroxylation is 1. The van der Waals surface area contributed by atoms with E-state index in [1.54, 1.807) is 81.9 Å². The van der Waals surface area contributed by atoms with Gasteiger partial charge in [0.15, 0.2) is 5.60 Å². The van der Waals surface area contributed by atoms with E-state index < -0.39 is 47.6 Å². The van der Waals surface area contributed by atoms with Crippen molar-refractivity contribution in [3.8, 4) is 17.1 Å². The minimum atomic E-state index is -1.94. The average molecular weight is 825 g/mol. The van der Waals surface area contributed by atoms with Crippen molar-refractivity contribution in [1.29, 1.82) is 0 Å². The van der Waals surface area contributed by atoms with Crippen LogP contribution in [0.25, 0.3) is 22.3 Å². The summed E-state index contributed by atoms with van der Waals surface area (Å²) < 4.78 is 13.2. The number of benzene rings is 2. The summed E-state index contributed by atoms with van der Waals surface area (Å²) in [6, 6.07) is 11.1. The molecule has 0 fully saturated rings. The van der Waals surface area contributed by atoms with Crippen LogP contribution in [0.4, 0.5) is 10.5 Å². The number of pyridine rings is 2. The summed E-state index contributed by atoms with van der Waals surface area (Å²) >= 11 is 0. The van der Waals surface area contributed by atoms with Gasteiger partial charge in [0.2, 0.25) is 17.9 Å². The summed E-state index contributed by atoms with van der Waals surface area (Å²) in [4.78, 5) is 83.8. The van der Waals surface area contributed by atoms with E-state index in [4.69, 9.17) is 25.9 Å². The molecule has 0 spiro atoms. The van der Waals surface area contributed by atoms with Crippen molar-refractivity contribution in [2.24, 2.45) is 17.4 Å². The van der Waals surface area contributed by atoms with Crippen LogP contribution in [-0.4, -0.2) is 82.0 Å². The van der Waals surface area contributed by atoms with E-state index in [0.717, 1.165) is 16.5 Å². The molecule has 17 nitrogen and oxygen atoms in total. The Hall–Kier alpha value is -6.33. The molecule has 6 rings (SSSR count). The quantitative estimate of drug-likeness (QED) is 0.0662. The minimum absolute atomic E-state index is 0.0384. The molecule has 5 amide bonds. The molecule has 4 atom stereocenters. The molecule has 8 N–H and O–H groups in total. The first-order valence-electron chi connectivity index (χ1n) is 20.0. The number of hydrogen-bond donors (Lipinski definition) is 6. The number of esters is 1. The normalized spacial score (nSPS) is 16.8. The molecular weight excluding hydrogens is 773 g/mol. The molecule has 0 saturated carbocycles. The van der Waals surface area contributed by atoms with Gasteiger partial charge in [0.1, 0.15) is 18.4 Å². The van der Waals surface area contributed by atoms with Gasteiger partial charge in [0.05, 0.1) is 35.1 Å². The van der Waals surface area contributed by atoms with E-state index >= 15 is 0 Å². The second-order valence-corrected chi connectivity index (χ2v) is 15.7. The van der Waals surface area contributed by atoms with Gasteiger partial charge < -0.3 is 51.5 Å². The third-order valence-electron chi connectivity index (χ3n) is 11.2. The molecule has 318 valence electrons. The van der Waals surface area contributed by atoms with E-state index in [1.165, 1.54) is 4.90 Å². The molecular formula is C43H52N8O9. The number of nitrogens with two attached hydrogens (primary N) is 2. The molecule has 2 aromatic carbocycles. The van der Waals surface area contributed by atoms with Gasteiger partial charge in [-0.05, 0) is 73.6 Å². The lowest BCUT2D eigenvalue weighted by molar-refractivity contribution is -0.172. The van der Waals surface area contributed by atoms with Crippen molar-refractivity contribution in [2.75, 3.05) is 26.0 Å². The summed E-state index contributed by atoms with van der Waals surface area (Å²) in [5.74, 6) is -1.87. The average Bonchev–Trinajstić information content (AvgIpc) is 3.59. The predicted octanol–water partition coefficient (Wildman–Crippen LogP) is 2.71. The van der Waals surface area contributed by atoms with Crippen LogP contribution in [0.1, 0.15) is 80.9 Å². The Balaban J connectivity index is 1.26. The third kappa shape index (κ3) is 8.40. The Morgan fingerprint density at radius 3 is 2.38 bits per heavy atom. The summed E-state index contributed by atoms with van der Waals surface area (Å²) in [6.45, 7) is 7.48. The highest BCUT2D eigenvalue weighted by Crippen LogP contribution is 2.41. The van der Waals surface area contributed by atoms with Gasteiger partial charge in [-0.2, -0.15) is 0 Å². The number of carbonyl (C=O) groups excluding carboxylic acids is 5. The number of primary amides is 1. The van der Waals surface area contributed by atoms with Crippen LogP contribution in [0, 0.1) is 5.92 Å². The smallest absolute Gasteiger partial charge is 0.343 e. The summed E-state index contributed by atoms with van der Waals surface area (Å²) in [5, 5.41) is 20.1. The fraction of sp³-hybridized carbons (Fsp3) is 0.419. The first kappa shape index (κ1) is 43.3. The zero-order valence-corrected chi connectivity index (χ0v) is 34.6. The van der Waals surface area contributed by atoms with Gasteiger partial charge in [-0.15, -0.1) is 0 Å². The van der Waals surface area contributed by atoms with Crippen molar-refractivity contribution >= 4 is 46.3 Å². The molecule has 60 heavy (non-hydrogen) atoms. The van der Waals surface area contributed by atoms with Gasteiger partial charge in [0, 0.05) is 48.4 Å². The van der Waals surface area contributed by atoms with Crippen LogP contribution in [0.5, 0.6) is 5.75 Å². The largest absolute Gasteiger partial charge is 0.476 e. The Kier molecular flexibility index (Phi) is 12.6. The van der Waals surface area contributed by atoms with Gasteiger partial charge >= 0.3 is 12.0 Å². The second-order valence-electron chi connectivity index (χ2n) is 15.7. The topological polar surface area (TPSA) is 250 Å². The molecule has 1 unspecified atom stereocenters. The molecule has 0 saturated heterocycles. The molecule has 2 aliphatic rings. The van der Waals surface area contributed by atoms with E-state index in [2.05, 4.69) is 16.0 Å². The van der Waals surface area contributed by atoms with E-state index in [0.29, 0.717) is 46.7 Å². The fourth-order valence-corrected chi connectivity index (χ4v) is 7.58. The Morgan fingerprint density at radius 2 is 1.75 bits per heavy atom. The number of amides is 5. The number of aromatic nitrogens is 2. The zero-order chi connectivity index (χ0) is 43.6. The summed E-state index contributed by atoms with van der Waals surface area (Å²) in [5.41, 5.74) is 13.8. The number of rotatable bonds is 15. The third-order valence-corrected chi connectivity index (χ3v) is 11.2. The van der Waals surface area contributed by atoms with Crippen molar-refractivity contribution in [3.05, 3.63) is 86.7 Å². The van der Waals surface area contributed by atoms with Crippen LogP contribution in [0.3, 0.4) is 0 Å². The minimum Gasteiger partial charge on any atom is -0.476 e. The van der Waals surface area contributed by atoms with Crippen LogP contribution in [-0.2, 0) is 49.1 Å². The number of fused-ring (bicyclic) bond motifs is 5. The number of carbonyl (C=O) groups is 5. The number of hydrogen-bond acceptors (Lipinski definition) is 11. The molecule has 2 aliphatic heterocycles. The standard InChI is InChI=1S/C43H52N8O9/c1-7-26-27-18-25(15-16-31(27)48-35-28(26)20-51-33(35)19-30-29(39(51)54)21-59-41(56)43(30,58)8-2)60-36(40(55)50(5)6)23-11-13-24(14-12-23)47-37(52)32(10-9-17-46-42(45)57)49-38(53)34(44)22(3)4/h11-16,18-19,22,32,34,36,58H,7-10,17,20-21,44H2,1-6H3,(H,47,52)(H,49,53)(H3,45,46,57)/t32-,34-,36?,43-/m0/s1. The highest BCUT2D eigenvalue weighted by molar-refractivity contribution is 5.98. The Bertz CT molecular complexity index is 2410. The second kappa shape index (κ2) is 17.5. The lowest BCUT2D eigenvalue weighted by Crippen LogP contribution is -2.51. The maximum atomic E-state index is 13.8. The molecule has 17 heteroatoms. The lowest BCUT2D eigenvalue weighted by atomic mass is 9.86. The highest BCUT2D eigenvalue weighted by Gasteiger charge is 2.45. The number of nitrogens with one attached hydrogen (secondary N) is 3. The van der Waals surface area contributed by atoms with E-state index in [-0.39, 0.29) is 61.0 Å². The maximum Gasteiger partial charge on any atom is 0.343 e. The molecule has 2 aromatic heterocycles. The Morgan fingerprint density at radius 1 is 1.03 bits per heavy atom. The number of likely N-dealkylation sites (N-methyl/N-ethyl adjacent to an activating group) is 1. The predicted molar refractivity (Wildman–Crippen MR) is 223 cm³/mol. The number of anilines is 1. The molecule has 4 heterocycles. The number of nitrogens with zero attached hydrogens (tertiary/aromatic N) is 3. The molecule has 0 aliphatic carbocycles. The van der Waals surface area contributed by atoms with Gasteiger partial charge in [-0.25, -0.2) is 14.6 Å². The van der Waals surface area contributed by atoms with E-state index in [9.17, 15) is 33.9 Å². The van der Waals surface area contributed by atoms with Gasteiger partial charge in [-0.3, -0.25) is 19.2 Å². The number of urea groups is 1. The lowest BCUT2D eigenvalue weighted by Gasteiger charge is -2.31. The van der Waals surface area contributed by atoms with Gasteiger partial charge in [-0.1, -0.05) is 39.8 Å². The summed E-state index contributed by atoms with van der Waals surface area (Å²) in [6.07, 6.45) is 0.103. The fourth-order valence-electron chi connectivity index (χ4n) is 7.58. The van der Waals surface area contributed by atoms with Crippen LogP contribution in [0.2, 0.25) is 0 Å². The number of ether oxygens (including phenoxy) is 2. The van der Waals surface area contributed by atoms with Gasteiger partial charge in [0.25, 0.3) is 11.5 Å². The molecule has 0 radical (unpaired) electrons. The van der Waals surface area contributed by atoms with Crippen LogP contribution in [0.15, 0.2) is 53.3 Å². The summed E-state index contributed by atoms with van der Waals surface area (Å²) in [7, 11) is 3.24. The van der Waals surface area contributed by atoms with Crippen molar-refractivity contribution in [2.45, 2.75) is 90.3 Å². The Labute approximate surface area is 346 Å². The monoisotopic (exact) mass is 824 g/mol. The molecule has 0 bridgehead atoms. The van der Waals surface area contributed by atoms with Crippen molar-refractivity contribution < 1.29 is 38.6 Å².